The van der Waals surface area contributed by atoms with E-state index in [1.165, 1.54) is 21.0 Å². The second-order valence-corrected chi connectivity index (χ2v) is 4.23. The summed E-state index contributed by atoms with van der Waals surface area (Å²) >= 11 is 0. The number of nitrogens with one attached hydrogen (secondary N) is 1. The first-order valence-corrected chi connectivity index (χ1v) is 5.78. The van der Waals surface area contributed by atoms with Crippen molar-refractivity contribution >= 4 is 17.7 Å². The number of carbonyl (C=O) groups is 3. The number of H-pyrrole nitrogens is 1. The SMILES string of the molecule is COC(=O)c1c(C)[nH]c(C(=O)[C@@H](C)OC(C)=O)c1C. The monoisotopic (exact) mass is 267 g/mol. The van der Waals surface area contributed by atoms with Gasteiger partial charge in [0.2, 0.25) is 5.78 Å². The van der Waals surface area contributed by atoms with Gasteiger partial charge in [-0.1, -0.05) is 0 Å². The van der Waals surface area contributed by atoms with Crippen LogP contribution in [-0.2, 0) is 14.3 Å². The number of esters is 2. The van der Waals surface area contributed by atoms with Crippen molar-refractivity contribution in [1.29, 1.82) is 0 Å². The van der Waals surface area contributed by atoms with Crippen LogP contribution in [-0.4, -0.2) is 35.9 Å². The minimum atomic E-state index is -0.903. The number of hydrogen-bond donors (Lipinski definition) is 1. The molecule has 0 radical (unpaired) electrons. The van der Waals surface area contributed by atoms with E-state index in [-0.39, 0.29) is 11.5 Å². The zero-order chi connectivity index (χ0) is 14.7. The van der Waals surface area contributed by atoms with Crippen molar-refractivity contribution in [2.24, 2.45) is 0 Å². The van der Waals surface area contributed by atoms with Gasteiger partial charge in [-0.15, -0.1) is 0 Å². The lowest BCUT2D eigenvalue weighted by molar-refractivity contribution is -0.143. The number of rotatable bonds is 4. The topological polar surface area (TPSA) is 85.5 Å². The van der Waals surface area contributed by atoms with E-state index in [9.17, 15) is 14.4 Å². The van der Waals surface area contributed by atoms with Crippen molar-refractivity contribution in [3.8, 4) is 0 Å². The third kappa shape index (κ3) is 3.01. The number of aryl methyl sites for hydroxylation is 1. The smallest absolute Gasteiger partial charge is 0.339 e. The van der Waals surface area contributed by atoms with Gasteiger partial charge in [0.15, 0.2) is 6.10 Å². The Bertz CT molecular complexity index is 529. The van der Waals surface area contributed by atoms with Crippen molar-refractivity contribution in [3.05, 3.63) is 22.5 Å². The predicted molar refractivity (Wildman–Crippen MR) is 67.2 cm³/mol. The molecule has 0 aliphatic rings. The van der Waals surface area contributed by atoms with Gasteiger partial charge in [0.1, 0.15) is 0 Å². The van der Waals surface area contributed by atoms with Crippen LogP contribution in [0.5, 0.6) is 0 Å². The van der Waals surface area contributed by atoms with Crippen LogP contribution in [0.25, 0.3) is 0 Å². The fraction of sp³-hybridized carbons (Fsp3) is 0.462. The fourth-order valence-corrected chi connectivity index (χ4v) is 1.91. The van der Waals surface area contributed by atoms with Gasteiger partial charge < -0.3 is 14.5 Å². The van der Waals surface area contributed by atoms with Gasteiger partial charge in [-0.2, -0.15) is 0 Å². The summed E-state index contributed by atoms with van der Waals surface area (Å²) in [4.78, 5) is 37.4. The third-order valence-corrected chi connectivity index (χ3v) is 2.79. The molecule has 0 fully saturated rings. The zero-order valence-corrected chi connectivity index (χ0v) is 11.6. The summed E-state index contributed by atoms with van der Waals surface area (Å²) in [6, 6.07) is 0. The quantitative estimate of drug-likeness (QED) is 0.660. The van der Waals surface area contributed by atoms with E-state index in [4.69, 9.17) is 4.74 Å². The van der Waals surface area contributed by atoms with Gasteiger partial charge in [-0.25, -0.2) is 4.79 Å². The summed E-state index contributed by atoms with van der Waals surface area (Å²) in [7, 11) is 1.27. The van der Waals surface area contributed by atoms with Gasteiger partial charge in [0, 0.05) is 12.6 Å². The molecule has 1 N–H and O–H groups in total. The molecule has 1 aromatic heterocycles. The second-order valence-electron chi connectivity index (χ2n) is 4.23. The molecule has 1 atom stereocenters. The second kappa shape index (κ2) is 5.69. The van der Waals surface area contributed by atoms with Gasteiger partial charge in [-0.05, 0) is 26.3 Å². The highest BCUT2D eigenvalue weighted by Gasteiger charge is 2.26. The third-order valence-electron chi connectivity index (χ3n) is 2.79. The average molecular weight is 267 g/mol. The molecule has 1 aromatic rings. The first kappa shape index (κ1) is 14.9. The van der Waals surface area contributed by atoms with Crippen LogP contribution in [0.3, 0.4) is 0 Å². The van der Waals surface area contributed by atoms with Crippen LogP contribution in [0.15, 0.2) is 0 Å². The number of hydrogen-bond acceptors (Lipinski definition) is 5. The van der Waals surface area contributed by atoms with Gasteiger partial charge >= 0.3 is 11.9 Å². The van der Waals surface area contributed by atoms with Crippen molar-refractivity contribution in [2.75, 3.05) is 7.11 Å². The molecule has 1 rings (SSSR count). The minimum absolute atomic E-state index is 0.256. The number of aromatic nitrogens is 1. The Kier molecular flexibility index (Phi) is 4.47. The molecule has 104 valence electrons. The van der Waals surface area contributed by atoms with E-state index < -0.39 is 18.0 Å². The normalized spacial score (nSPS) is 11.8. The predicted octanol–water partition coefficient (Wildman–Crippen LogP) is 1.55. The van der Waals surface area contributed by atoms with Crippen molar-refractivity contribution in [2.45, 2.75) is 33.8 Å². The Labute approximate surface area is 111 Å². The van der Waals surface area contributed by atoms with E-state index in [0.29, 0.717) is 16.8 Å². The highest BCUT2D eigenvalue weighted by Crippen LogP contribution is 2.20. The Morgan fingerprint density at radius 2 is 1.79 bits per heavy atom. The Morgan fingerprint density at radius 1 is 1.21 bits per heavy atom. The van der Waals surface area contributed by atoms with Crippen molar-refractivity contribution in [1.82, 2.24) is 4.98 Å². The van der Waals surface area contributed by atoms with Crippen LogP contribution >= 0.6 is 0 Å². The molecule has 19 heavy (non-hydrogen) atoms. The van der Waals surface area contributed by atoms with Crippen LogP contribution in [0, 0.1) is 13.8 Å². The number of methoxy groups -OCH3 is 1. The first-order chi connectivity index (χ1) is 8.79. The molecule has 6 heteroatoms. The van der Waals surface area contributed by atoms with Crippen LogP contribution in [0.2, 0.25) is 0 Å². The number of ketones is 1. The molecule has 0 bridgehead atoms. The summed E-state index contributed by atoms with van der Waals surface area (Å²) in [5, 5.41) is 0. The summed E-state index contributed by atoms with van der Waals surface area (Å²) in [6.45, 7) is 6.03. The van der Waals surface area contributed by atoms with E-state index in [1.807, 2.05) is 0 Å². The zero-order valence-electron chi connectivity index (χ0n) is 11.6. The van der Waals surface area contributed by atoms with Gasteiger partial charge in [0.25, 0.3) is 0 Å². The number of Topliss-reactive ketones (excluding diaryl/α,β-unsaturated/α-hetero) is 1. The molecular weight excluding hydrogens is 250 g/mol. The lowest BCUT2D eigenvalue weighted by Crippen LogP contribution is -2.24. The van der Waals surface area contributed by atoms with E-state index >= 15 is 0 Å². The molecule has 0 spiro atoms. The Morgan fingerprint density at radius 3 is 2.26 bits per heavy atom. The number of carbonyl (C=O) groups excluding carboxylic acids is 3. The molecule has 0 aromatic carbocycles. The average Bonchev–Trinajstić information content (AvgIpc) is 2.62. The van der Waals surface area contributed by atoms with Gasteiger partial charge in [0.05, 0.1) is 18.4 Å². The van der Waals surface area contributed by atoms with Crippen LogP contribution < -0.4 is 0 Å². The molecule has 0 unspecified atom stereocenters. The summed E-state index contributed by atoms with van der Waals surface area (Å²) in [5.41, 5.74) is 1.63. The van der Waals surface area contributed by atoms with E-state index in [1.54, 1.807) is 13.8 Å². The molecular formula is C13H17NO5. The lowest BCUT2D eigenvalue weighted by atomic mass is 10.1. The first-order valence-electron chi connectivity index (χ1n) is 5.78. The maximum absolute atomic E-state index is 12.1. The largest absolute Gasteiger partial charge is 0.465 e. The van der Waals surface area contributed by atoms with Crippen molar-refractivity contribution in [3.63, 3.8) is 0 Å². The number of ether oxygens (including phenoxy) is 2. The fourth-order valence-electron chi connectivity index (χ4n) is 1.91. The maximum Gasteiger partial charge on any atom is 0.339 e. The Hall–Kier alpha value is -2.11. The summed E-state index contributed by atoms with van der Waals surface area (Å²) < 4.78 is 9.49. The highest BCUT2D eigenvalue weighted by molar-refractivity contribution is 6.03. The molecule has 0 aliphatic carbocycles. The van der Waals surface area contributed by atoms with E-state index in [0.717, 1.165) is 0 Å². The summed E-state index contributed by atoms with van der Waals surface area (Å²) in [6.07, 6.45) is -0.903. The molecule has 0 saturated carbocycles. The maximum atomic E-state index is 12.1. The molecule has 6 nitrogen and oxygen atoms in total. The molecule has 1 heterocycles. The Balaban J connectivity index is 3.12. The number of aromatic amines is 1. The van der Waals surface area contributed by atoms with E-state index in [2.05, 4.69) is 9.72 Å². The molecule has 0 aliphatic heterocycles. The highest BCUT2D eigenvalue weighted by atomic mass is 16.5. The summed E-state index contributed by atoms with van der Waals surface area (Å²) in [5.74, 6) is -1.42. The standard InChI is InChI=1S/C13H17NO5/c1-6-10(13(17)18-5)7(2)14-11(6)12(16)8(3)19-9(4)15/h8,14H,1-5H3/t8-/m1/s1. The minimum Gasteiger partial charge on any atom is -0.465 e. The van der Waals surface area contributed by atoms with Crippen molar-refractivity contribution < 1.29 is 23.9 Å². The molecule has 0 saturated heterocycles. The molecule has 0 amide bonds. The van der Waals surface area contributed by atoms with Crippen LogP contribution in [0.1, 0.15) is 46.0 Å². The van der Waals surface area contributed by atoms with Crippen LogP contribution in [0.4, 0.5) is 0 Å². The van der Waals surface area contributed by atoms with Gasteiger partial charge in [-0.3, -0.25) is 9.59 Å². The lowest BCUT2D eigenvalue weighted by Gasteiger charge is -2.10.